The van der Waals surface area contributed by atoms with Gasteiger partial charge in [-0.1, -0.05) is 30.3 Å². The largest absolute Gasteiger partial charge is 0.494 e. The lowest BCUT2D eigenvalue weighted by molar-refractivity contribution is -0.117. The van der Waals surface area contributed by atoms with Gasteiger partial charge in [-0.2, -0.15) is 0 Å². The van der Waals surface area contributed by atoms with Crippen LogP contribution in [-0.2, 0) is 27.8 Å². The molecule has 0 radical (unpaired) electrons. The van der Waals surface area contributed by atoms with E-state index in [0.717, 1.165) is 18.7 Å². The Morgan fingerprint density at radius 3 is 2.59 bits per heavy atom. The number of amides is 1. The Balaban J connectivity index is 1.41. The molecule has 0 fully saturated rings. The number of carbonyl (C=O) groups is 1. The van der Waals surface area contributed by atoms with Gasteiger partial charge in [-0.15, -0.1) is 0 Å². The van der Waals surface area contributed by atoms with Crippen LogP contribution in [0.4, 0.5) is 11.4 Å². The van der Waals surface area contributed by atoms with Crippen molar-refractivity contribution in [2.45, 2.75) is 24.8 Å². The highest BCUT2D eigenvalue weighted by atomic mass is 32.2. The first-order valence-electron chi connectivity index (χ1n) is 11.3. The summed E-state index contributed by atoms with van der Waals surface area (Å²) in [7, 11) is -2.25. The second-order valence-electron chi connectivity index (χ2n) is 8.21. The summed E-state index contributed by atoms with van der Waals surface area (Å²) in [6, 6.07) is 21.3. The van der Waals surface area contributed by atoms with Gasteiger partial charge in [0.2, 0.25) is 5.91 Å². The van der Waals surface area contributed by atoms with Crippen LogP contribution in [0.3, 0.4) is 0 Å². The van der Waals surface area contributed by atoms with E-state index < -0.39 is 10.0 Å². The molecular formula is C26H29N3O4S. The number of rotatable bonds is 8. The summed E-state index contributed by atoms with van der Waals surface area (Å²) >= 11 is 0. The molecule has 1 N–H and O–H groups in total. The zero-order valence-electron chi connectivity index (χ0n) is 19.4. The Bertz CT molecular complexity index is 1260. The van der Waals surface area contributed by atoms with Crippen molar-refractivity contribution < 1.29 is 17.9 Å². The van der Waals surface area contributed by atoms with Crippen LogP contribution in [0.25, 0.3) is 0 Å². The summed E-state index contributed by atoms with van der Waals surface area (Å²) in [4.78, 5) is 14.9. The monoisotopic (exact) mass is 479 g/mol. The minimum atomic E-state index is -3.76. The summed E-state index contributed by atoms with van der Waals surface area (Å²) in [5.74, 6) is 0.654. The van der Waals surface area contributed by atoms with Gasteiger partial charge in [0, 0.05) is 25.8 Å². The third kappa shape index (κ3) is 5.40. The van der Waals surface area contributed by atoms with Gasteiger partial charge < -0.3 is 10.1 Å². The normalized spacial score (nSPS) is 13.7. The number of para-hydroxylation sites is 1. The molecule has 0 bridgehead atoms. The highest BCUT2D eigenvalue weighted by Crippen LogP contribution is 2.25. The van der Waals surface area contributed by atoms with Crippen LogP contribution < -0.4 is 14.4 Å². The van der Waals surface area contributed by atoms with Gasteiger partial charge in [0.25, 0.3) is 10.0 Å². The van der Waals surface area contributed by atoms with Gasteiger partial charge in [0.15, 0.2) is 0 Å². The van der Waals surface area contributed by atoms with Crippen LogP contribution in [0.2, 0.25) is 0 Å². The van der Waals surface area contributed by atoms with Crippen LogP contribution >= 0.6 is 0 Å². The number of anilines is 2. The summed E-state index contributed by atoms with van der Waals surface area (Å²) in [6.07, 6.45) is 0.870. The molecule has 0 saturated carbocycles. The van der Waals surface area contributed by atoms with Crippen molar-refractivity contribution >= 4 is 27.3 Å². The van der Waals surface area contributed by atoms with Crippen molar-refractivity contribution in [1.29, 1.82) is 0 Å². The maximum absolute atomic E-state index is 13.1. The van der Waals surface area contributed by atoms with E-state index in [1.165, 1.54) is 34.6 Å². The highest BCUT2D eigenvalue weighted by molar-refractivity contribution is 7.92. The fourth-order valence-corrected chi connectivity index (χ4v) is 5.30. The lowest BCUT2D eigenvalue weighted by Crippen LogP contribution is -2.37. The van der Waals surface area contributed by atoms with E-state index in [9.17, 15) is 13.2 Å². The molecule has 1 aliphatic rings. The zero-order valence-corrected chi connectivity index (χ0v) is 20.2. The van der Waals surface area contributed by atoms with Gasteiger partial charge >= 0.3 is 0 Å². The number of sulfonamides is 1. The topological polar surface area (TPSA) is 79.0 Å². The van der Waals surface area contributed by atoms with Crippen molar-refractivity contribution in [3.05, 3.63) is 83.9 Å². The smallest absolute Gasteiger partial charge is 0.264 e. The van der Waals surface area contributed by atoms with Crippen LogP contribution in [0.5, 0.6) is 5.75 Å². The molecule has 0 atom stereocenters. The lowest BCUT2D eigenvalue weighted by Gasteiger charge is -2.28. The lowest BCUT2D eigenvalue weighted by atomic mass is 9.99. The second kappa shape index (κ2) is 10.3. The predicted octanol–water partition coefficient (Wildman–Crippen LogP) is 3.91. The fourth-order valence-electron chi connectivity index (χ4n) is 4.06. The van der Waals surface area contributed by atoms with Gasteiger partial charge in [0.05, 0.1) is 23.7 Å². The van der Waals surface area contributed by atoms with Crippen LogP contribution in [0, 0.1) is 0 Å². The molecule has 0 aromatic heterocycles. The maximum Gasteiger partial charge on any atom is 0.264 e. The standard InChI is InChI=1S/C26H29N3O4S/c1-3-33-24-13-12-20-14-15-29(18-21(20)16-24)19-26(30)27-22-8-7-11-25(17-22)34(31,32)28(2)23-9-5-4-6-10-23/h4-13,16-17H,3,14-15,18-19H2,1-2H3,(H,27,30). The van der Waals surface area contributed by atoms with Crippen LogP contribution in [-0.4, -0.2) is 46.0 Å². The Hall–Kier alpha value is -3.36. The number of nitrogens with one attached hydrogen (secondary N) is 1. The van der Waals surface area contributed by atoms with Crippen molar-refractivity contribution in [2.24, 2.45) is 0 Å². The minimum absolute atomic E-state index is 0.118. The second-order valence-corrected chi connectivity index (χ2v) is 10.2. The molecule has 4 rings (SSSR count). The zero-order chi connectivity index (χ0) is 24.1. The molecule has 3 aromatic carbocycles. The van der Waals surface area contributed by atoms with Crippen LogP contribution in [0.15, 0.2) is 77.7 Å². The Morgan fingerprint density at radius 1 is 1.03 bits per heavy atom. The maximum atomic E-state index is 13.1. The molecule has 178 valence electrons. The predicted molar refractivity (Wildman–Crippen MR) is 134 cm³/mol. The molecule has 34 heavy (non-hydrogen) atoms. The van der Waals surface area contributed by atoms with E-state index in [-0.39, 0.29) is 17.3 Å². The molecule has 1 aliphatic heterocycles. The number of carbonyl (C=O) groups excluding carboxylic acids is 1. The fraction of sp³-hybridized carbons (Fsp3) is 0.269. The van der Waals surface area contributed by atoms with Gasteiger partial charge in [-0.05, 0) is 66.9 Å². The Morgan fingerprint density at radius 2 is 1.82 bits per heavy atom. The number of benzene rings is 3. The first-order chi connectivity index (χ1) is 16.4. The van der Waals surface area contributed by atoms with Crippen molar-refractivity contribution in [3.8, 4) is 5.75 Å². The molecular weight excluding hydrogens is 450 g/mol. The summed E-state index contributed by atoms with van der Waals surface area (Å²) < 4.78 is 33.0. The van der Waals surface area contributed by atoms with E-state index in [1.54, 1.807) is 36.4 Å². The molecule has 0 unspecified atom stereocenters. The van der Waals surface area contributed by atoms with E-state index in [2.05, 4.69) is 16.3 Å². The summed E-state index contributed by atoms with van der Waals surface area (Å²) in [6.45, 7) is 4.24. The summed E-state index contributed by atoms with van der Waals surface area (Å²) in [5, 5.41) is 2.85. The molecule has 3 aromatic rings. The van der Waals surface area contributed by atoms with Crippen LogP contribution in [0.1, 0.15) is 18.1 Å². The quantitative estimate of drug-likeness (QED) is 0.530. The van der Waals surface area contributed by atoms with Crippen molar-refractivity contribution in [2.75, 3.05) is 36.4 Å². The minimum Gasteiger partial charge on any atom is -0.494 e. The molecule has 0 aliphatic carbocycles. The van der Waals surface area contributed by atoms with Gasteiger partial charge in [-0.3, -0.25) is 14.0 Å². The average Bonchev–Trinajstić information content (AvgIpc) is 2.84. The van der Waals surface area contributed by atoms with Crippen molar-refractivity contribution in [1.82, 2.24) is 4.90 Å². The molecule has 0 saturated heterocycles. The molecule has 1 amide bonds. The van der Waals surface area contributed by atoms with Gasteiger partial charge in [0.1, 0.15) is 5.75 Å². The van der Waals surface area contributed by atoms with E-state index in [0.29, 0.717) is 24.5 Å². The average molecular weight is 480 g/mol. The number of hydrogen-bond donors (Lipinski definition) is 1. The van der Waals surface area contributed by atoms with E-state index >= 15 is 0 Å². The first kappa shape index (κ1) is 23.8. The SMILES string of the molecule is CCOc1ccc2c(c1)CN(CC(=O)Nc1cccc(S(=O)(=O)N(C)c3ccccc3)c1)CC2. The molecule has 8 heteroatoms. The molecule has 7 nitrogen and oxygen atoms in total. The number of fused-ring (bicyclic) bond motifs is 1. The number of nitrogens with zero attached hydrogens (tertiary/aromatic N) is 2. The Labute approximate surface area is 201 Å². The number of hydrogen-bond acceptors (Lipinski definition) is 5. The molecule has 0 spiro atoms. The highest BCUT2D eigenvalue weighted by Gasteiger charge is 2.22. The Kier molecular flexibility index (Phi) is 7.19. The molecule has 1 heterocycles. The van der Waals surface area contributed by atoms with Gasteiger partial charge in [-0.25, -0.2) is 8.42 Å². The van der Waals surface area contributed by atoms with Crippen molar-refractivity contribution in [3.63, 3.8) is 0 Å². The van der Waals surface area contributed by atoms with E-state index in [1.807, 2.05) is 25.1 Å². The summed E-state index contributed by atoms with van der Waals surface area (Å²) in [5.41, 5.74) is 3.46. The number of ether oxygens (including phenoxy) is 1. The first-order valence-corrected chi connectivity index (χ1v) is 12.7. The third-order valence-corrected chi connectivity index (χ3v) is 7.62. The van der Waals surface area contributed by atoms with E-state index in [4.69, 9.17) is 4.74 Å². The third-order valence-electron chi connectivity index (χ3n) is 5.84.